The number of hydrogen-bond donors (Lipinski definition) is 2. The number of amides is 2. The number of nitrogens with two attached hydrogens (primary N) is 1. The Balaban J connectivity index is 2.12. The van der Waals surface area contributed by atoms with Gasteiger partial charge in [0.25, 0.3) is 5.91 Å². The lowest BCUT2D eigenvalue weighted by Crippen LogP contribution is -2.20. The highest BCUT2D eigenvalue weighted by molar-refractivity contribution is 6.31. The molecular formula is C20H22ClN3O4. The summed E-state index contributed by atoms with van der Waals surface area (Å²) in [7, 11) is 5.24. The van der Waals surface area contributed by atoms with Crippen molar-refractivity contribution in [2.24, 2.45) is 5.73 Å². The second-order valence-electron chi connectivity index (χ2n) is 6.04. The first-order valence-corrected chi connectivity index (χ1v) is 8.73. The van der Waals surface area contributed by atoms with E-state index in [1.54, 1.807) is 36.4 Å². The van der Waals surface area contributed by atoms with Crippen LogP contribution in [0, 0.1) is 0 Å². The van der Waals surface area contributed by atoms with Crippen LogP contribution in [0.15, 0.2) is 42.5 Å². The van der Waals surface area contributed by atoms with Gasteiger partial charge in [-0.2, -0.15) is 0 Å². The van der Waals surface area contributed by atoms with Crippen LogP contribution in [0.2, 0.25) is 5.02 Å². The van der Waals surface area contributed by atoms with Gasteiger partial charge in [0.15, 0.2) is 18.1 Å². The van der Waals surface area contributed by atoms with Crippen molar-refractivity contribution in [1.29, 1.82) is 0 Å². The first-order valence-electron chi connectivity index (χ1n) is 8.35. The highest BCUT2D eigenvalue weighted by Crippen LogP contribution is 2.29. The molecule has 0 saturated carbocycles. The molecule has 8 heteroatoms. The molecule has 0 fully saturated rings. The SMILES string of the molecule is COc1cc(/C=C/C(=O)Nc2cc(Cl)ccc2N(C)C)ccc1OCC(N)=O. The number of hydrogen-bond acceptors (Lipinski definition) is 5. The lowest BCUT2D eigenvalue weighted by atomic mass is 10.2. The van der Waals surface area contributed by atoms with Gasteiger partial charge in [-0.05, 0) is 42.0 Å². The molecule has 148 valence electrons. The standard InChI is InChI=1S/C20H22ClN3O4/c1-24(2)16-7-6-14(21)11-15(16)23-20(26)9-5-13-4-8-17(18(10-13)27-3)28-12-19(22)25/h4-11H,12H2,1-3H3,(H2,22,25)(H,23,26)/b9-5+. The number of rotatable bonds is 8. The summed E-state index contributed by atoms with van der Waals surface area (Å²) in [6.45, 7) is -0.248. The average Bonchev–Trinajstić information content (AvgIpc) is 2.64. The molecule has 0 bridgehead atoms. The van der Waals surface area contributed by atoms with Crippen molar-refractivity contribution in [3.8, 4) is 11.5 Å². The van der Waals surface area contributed by atoms with E-state index in [1.807, 2.05) is 25.1 Å². The molecule has 0 radical (unpaired) electrons. The zero-order chi connectivity index (χ0) is 20.7. The molecule has 2 aromatic carbocycles. The molecule has 0 spiro atoms. The van der Waals surface area contributed by atoms with Gasteiger partial charge in [-0.1, -0.05) is 17.7 Å². The number of methoxy groups -OCH3 is 1. The maximum atomic E-state index is 12.3. The van der Waals surface area contributed by atoms with Gasteiger partial charge in [-0.3, -0.25) is 9.59 Å². The Labute approximate surface area is 168 Å². The predicted molar refractivity (Wildman–Crippen MR) is 111 cm³/mol. The fraction of sp³-hybridized carbons (Fsp3) is 0.200. The van der Waals surface area contributed by atoms with Crippen LogP contribution in [0.3, 0.4) is 0 Å². The summed E-state index contributed by atoms with van der Waals surface area (Å²) in [5, 5.41) is 3.35. The van der Waals surface area contributed by atoms with Crippen molar-refractivity contribution < 1.29 is 19.1 Å². The molecule has 0 aliphatic carbocycles. The maximum Gasteiger partial charge on any atom is 0.255 e. The summed E-state index contributed by atoms with van der Waals surface area (Å²) >= 11 is 6.03. The summed E-state index contributed by atoms with van der Waals surface area (Å²) in [6, 6.07) is 10.3. The van der Waals surface area contributed by atoms with E-state index in [4.69, 9.17) is 26.8 Å². The largest absolute Gasteiger partial charge is 0.493 e. The molecule has 0 atom stereocenters. The average molecular weight is 404 g/mol. The molecule has 0 aliphatic rings. The third kappa shape index (κ3) is 5.92. The number of anilines is 2. The van der Waals surface area contributed by atoms with Gasteiger partial charge in [-0.25, -0.2) is 0 Å². The number of carbonyl (C=O) groups is 2. The van der Waals surface area contributed by atoms with Crippen molar-refractivity contribution in [1.82, 2.24) is 0 Å². The highest BCUT2D eigenvalue weighted by atomic mass is 35.5. The Morgan fingerprint density at radius 3 is 2.57 bits per heavy atom. The lowest BCUT2D eigenvalue weighted by molar-refractivity contribution is -0.120. The lowest BCUT2D eigenvalue weighted by Gasteiger charge is -2.17. The minimum atomic E-state index is -0.583. The van der Waals surface area contributed by atoms with Gasteiger partial charge in [0, 0.05) is 25.2 Å². The van der Waals surface area contributed by atoms with Crippen LogP contribution in [0.4, 0.5) is 11.4 Å². The zero-order valence-electron chi connectivity index (χ0n) is 15.9. The first-order chi connectivity index (χ1) is 13.3. The minimum absolute atomic E-state index is 0.248. The Bertz CT molecular complexity index is 897. The highest BCUT2D eigenvalue weighted by Gasteiger charge is 2.09. The molecule has 2 amide bonds. The predicted octanol–water partition coefficient (Wildman–Crippen LogP) is 2.93. The molecule has 0 aromatic heterocycles. The van der Waals surface area contributed by atoms with Crippen molar-refractivity contribution in [2.75, 3.05) is 38.0 Å². The first kappa shape index (κ1) is 21.1. The van der Waals surface area contributed by atoms with Crippen LogP contribution in [0.5, 0.6) is 11.5 Å². The molecule has 0 unspecified atom stereocenters. The third-order valence-corrected chi connectivity index (χ3v) is 3.92. The van der Waals surface area contributed by atoms with Crippen LogP contribution in [-0.2, 0) is 9.59 Å². The third-order valence-electron chi connectivity index (χ3n) is 3.68. The summed E-state index contributed by atoms with van der Waals surface area (Å²) in [5.41, 5.74) is 7.24. The van der Waals surface area contributed by atoms with Gasteiger partial charge < -0.3 is 25.4 Å². The monoisotopic (exact) mass is 403 g/mol. The molecule has 0 heterocycles. The van der Waals surface area contributed by atoms with Crippen LogP contribution in [0.1, 0.15) is 5.56 Å². The number of ether oxygens (including phenoxy) is 2. The molecule has 3 N–H and O–H groups in total. The molecule has 2 rings (SSSR count). The van der Waals surface area contributed by atoms with Crippen LogP contribution in [0.25, 0.3) is 6.08 Å². The van der Waals surface area contributed by atoms with Crippen LogP contribution in [-0.4, -0.2) is 39.6 Å². The number of carbonyl (C=O) groups excluding carboxylic acids is 2. The summed E-state index contributed by atoms with van der Waals surface area (Å²) in [4.78, 5) is 25.0. The normalized spacial score (nSPS) is 10.6. The fourth-order valence-electron chi connectivity index (χ4n) is 2.40. The second-order valence-corrected chi connectivity index (χ2v) is 6.48. The Morgan fingerprint density at radius 2 is 1.93 bits per heavy atom. The quantitative estimate of drug-likeness (QED) is 0.661. The minimum Gasteiger partial charge on any atom is -0.493 e. The number of halogens is 1. The summed E-state index contributed by atoms with van der Waals surface area (Å²) in [6.07, 6.45) is 3.04. The second kappa shape index (κ2) is 9.66. The molecular weight excluding hydrogens is 382 g/mol. The van der Waals surface area contributed by atoms with Gasteiger partial charge >= 0.3 is 0 Å². The van der Waals surface area contributed by atoms with Crippen molar-refractivity contribution in [3.05, 3.63) is 53.1 Å². The Kier molecular flexibility index (Phi) is 7.28. The van der Waals surface area contributed by atoms with Crippen LogP contribution >= 0.6 is 11.6 Å². The number of benzene rings is 2. The van der Waals surface area contributed by atoms with E-state index in [0.717, 1.165) is 11.3 Å². The van der Waals surface area contributed by atoms with Gasteiger partial charge in [-0.15, -0.1) is 0 Å². The summed E-state index contributed by atoms with van der Waals surface area (Å²) < 4.78 is 10.5. The van der Waals surface area contributed by atoms with Crippen LogP contribution < -0.4 is 25.4 Å². The van der Waals surface area contributed by atoms with E-state index in [0.29, 0.717) is 22.2 Å². The van der Waals surface area contributed by atoms with Crippen molar-refractivity contribution in [3.63, 3.8) is 0 Å². The smallest absolute Gasteiger partial charge is 0.255 e. The topological polar surface area (TPSA) is 93.9 Å². The van der Waals surface area contributed by atoms with Gasteiger partial charge in [0.05, 0.1) is 18.5 Å². The van der Waals surface area contributed by atoms with E-state index in [2.05, 4.69) is 5.32 Å². The number of nitrogens with zero attached hydrogens (tertiary/aromatic N) is 1. The van der Waals surface area contributed by atoms with E-state index in [-0.39, 0.29) is 12.5 Å². The molecule has 7 nitrogen and oxygen atoms in total. The molecule has 0 saturated heterocycles. The Morgan fingerprint density at radius 1 is 1.18 bits per heavy atom. The molecule has 28 heavy (non-hydrogen) atoms. The Hall–Kier alpha value is -3.19. The van der Waals surface area contributed by atoms with Gasteiger partial charge in [0.2, 0.25) is 5.91 Å². The molecule has 2 aromatic rings. The fourth-order valence-corrected chi connectivity index (χ4v) is 2.57. The van der Waals surface area contributed by atoms with E-state index >= 15 is 0 Å². The van der Waals surface area contributed by atoms with Crippen molar-refractivity contribution >= 4 is 40.9 Å². The number of nitrogens with one attached hydrogen (secondary N) is 1. The number of primary amides is 1. The van der Waals surface area contributed by atoms with E-state index in [9.17, 15) is 9.59 Å². The van der Waals surface area contributed by atoms with Crippen molar-refractivity contribution in [2.45, 2.75) is 0 Å². The maximum absolute atomic E-state index is 12.3. The molecule has 0 aliphatic heterocycles. The zero-order valence-corrected chi connectivity index (χ0v) is 16.6. The van der Waals surface area contributed by atoms with Gasteiger partial charge in [0.1, 0.15) is 0 Å². The van der Waals surface area contributed by atoms with E-state index < -0.39 is 5.91 Å². The summed E-state index contributed by atoms with van der Waals surface area (Å²) in [5.74, 6) is -0.0785. The van der Waals surface area contributed by atoms with E-state index in [1.165, 1.54) is 13.2 Å².